The zero-order chi connectivity index (χ0) is 20.0. The van der Waals surface area contributed by atoms with Crippen LogP contribution in [-0.4, -0.2) is 22.0 Å². The van der Waals surface area contributed by atoms with Gasteiger partial charge in [-0.05, 0) is 70.5 Å². The number of carbonyl (C=O) groups is 2. The van der Waals surface area contributed by atoms with Crippen LogP contribution >= 0.6 is 22.6 Å². The molecule has 2 aromatic carbocycles. The average molecular weight is 488 g/mol. The van der Waals surface area contributed by atoms with Gasteiger partial charge in [0, 0.05) is 11.3 Å². The van der Waals surface area contributed by atoms with E-state index in [1.54, 1.807) is 37.3 Å². The summed E-state index contributed by atoms with van der Waals surface area (Å²) in [6.07, 6.45) is 1.54. The molecule has 3 aromatic rings. The van der Waals surface area contributed by atoms with Gasteiger partial charge in [0.2, 0.25) is 0 Å². The Morgan fingerprint density at radius 1 is 1.21 bits per heavy atom. The molecule has 0 unspecified atom stereocenters. The van der Waals surface area contributed by atoms with Gasteiger partial charge in [-0.1, -0.05) is 24.3 Å². The number of carbonyl (C=O) groups excluding carboxylic acids is 1. The molecule has 0 saturated heterocycles. The van der Waals surface area contributed by atoms with Crippen molar-refractivity contribution in [3.8, 4) is 11.1 Å². The number of aromatic amines is 1. The fourth-order valence-corrected chi connectivity index (χ4v) is 3.96. The molecule has 0 fully saturated rings. The van der Waals surface area contributed by atoms with Gasteiger partial charge in [0.05, 0.1) is 20.5 Å². The summed E-state index contributed by atoms with van der Waals surface area (Å²) in [6, 6.07) is 11.5. The Kier molecular flexibility index (Phi) is 4.54. The Hall–Kier alpha value is -2.94. The summed E-state index contributed by atoms with van der Waals surface area (Å²) in [5.41, 5.74) is 3.96. The number of carboxylic acids is 1. The third kappa shape index (κ3) is 3.01. The van der Waals surface area contributed by atoms with Crippen LogP contribution in [0.3, 0.4) is 0 Å². The summed E-state index contributed by atoms with van der Waals surface area (Å²) in [5.74, 6) is -1.78. The minimum absolute atomic E-state index is 0.126. The van der Waals surface area contributed by atoms with Gasteiger partial charge in [-0.25, -0.2) is 9.18 Å². The second-order valence-electron chi connectivity index (χ2n) is 6.41. The first-order valence-corrected chi connectivity index (χ1v) is 9.48. The van der Waals surface area contributed by atoms with Crippen LogP contribution in [0.2, 0.25) is 0 Å². The van der Waals surface area contributed by atoms with Crippen LogP contribution < -0.4 is 5.32 Å². The maximum atomic E-state index is 13.7. The summed E-state index contributed by atoms with van der Waals surface area (Å²) >= 11 is 2.03. The highest BCUT2D eigenvalue weighted by Gasteiger charge is 2.29. The Morgan fingerprint density at radius 2 is 1.96 bits per heavy atom. The maximum Gasteiger partial charge on any atom is 0.338 e. The third-order valence-corrected chi connectivity index (χ3v) is 5.76. The van der Waals surface area contributed by atoms with Crippen LogP contribution in [-0.2, 0) is 4.79 Å². The highest BCUT2D eigenvalue weighted by atomic mass is 127. The van der Waals surface area contributed by atoms with Crippen LogP contribution in [0, 0.1) is 16.4 Å². The van der Waals surface area contributed by atoms with Gasteiger partial charge in [-0.3, -0.25) is 4.79 Å². The smallest absolute Gasteiger partial charge is 0.338 e. The van der Waals surface area contributed by atoms with Crippen molar-refractivity contribution < 1.29 is 19.1 Å². The first kappa shape index (κ1) is 18.4. The van der Waals surface area contributed by atoms with Crippen molar-refractivity contribution in [2.45, 2.75) is 6.92 Å². The number of benzene rings is 2. The fraction of sp³-hybridized carbons (Fsp3) is 0.0476. The summed E-state index contributed by atoms with van der Waals surface area (Å²) in [4.78, 5) is 27.4. The zero-order valence-corrected chi connectivity index (χ0v) is 16.8. The largest absolute Gasteiger partial charge is 0.478 e. The number of fused-ring (bicyclic) bond motifs is 1. The number of H-pyrrole nitrogens is 1. The minimum atomic E-state index is -1.07. The van der Waals surface area contributed by atoms with Crippen LogP contribution in [0.15, 0.2) is 42.5 Å². The summed E-state index contributed by atoms with van der Waals surface area (Å²) in [6.45, 7) is 1.71. The highest BCUT2D eigenvalue weighted by molar-refractivity contribution is 14.1. The Balaban J connectivity index is 1.94. The molecule has 0 spiro atoms. The topological polar surface area (TPSA) is 82.2 Å². The number of aromatic nitrogens is 1. The van der Waals surface area contributed by atoms with Gasteiger partial charge in [-0.2, -0.15) is 0 Å². The van der Waals surface area contributed by atoms with Crippen LogP contribution in [0.25, 0.3) is 22.8 Å². The van der Waals surface area contributed by atoms with E-state index in [0.717, 1.165) is 0 Å². The van der Waals surface area contributed by atoms with E-state index in [0.29, 0.717) is 42.9 Å². The van der Waals surface area contributed by atoms with Crippen molar-refractivity contribution >= 4 is 51.8 Å². The Labute approximate surface area is 173 Å². The fourth-order valence-electron chi connectivity index (χ4n) is 3.40. The maximum absolute atomic E-state index is 13.7. The monoisotopic (exact) mass is 488 g/mol. The minimum Gasteiger partial charge on any atom is -0.478 e. The molecule has 0 radical (unpaired) electrons. The van der Waals surface area contributed by atoms with Gasteiger partial charge in [0.25, 0.3) is 5.91 Å². The molecule has 0 aliphatic carbocycles. The van der Waals surface area contributed by atoms with Crippen molar-refractivity contribution in [1.82, 2.24) is 4.98 Å². The van der Waals surface area contributed by atoms with Crippen LogP contribution in [0.1, 0.15) is 27.2 Å². The molecule has 5 nitrogen and oxygen atoms in total. The summed E-state index contributed by atoms with van der Waals surface area (Å²) in [7, 11) is 0. The second-order valence-corrected chi connectivity index (χ2v) is 7.49. The molecular formula is C21H14FIN2O3. The normalized spacial score (nSPS) is 14.2. The molecule has 0 saturated carbocycles. The van der Waals surface area contributed by atoms with Crippen molar-refractivity contribution in [2.24, 2.45) is 0 Å². The van der Waals surface area contributed by atoms with Gasteiger partial charge in [0.1, 0.15) is 5.82 Å². The molecule has 28 heavy (non-hydrogen) atoms. The first-order chi connectivity index (χ1) is 13.4. The van der Waals surface area contributed by atoms with E-state index >= 15 is 0 Å². The number of hydrogen-bond donors (Lipinski definition) is 3. The molecule has 1 aliphatic heterocycles. The first-order valence-electron chi connectivity index (χ1n) is 8.40. The van der Waals surface area contributed by atoms with Gasteiger partial charge < -0.3 is 15.4 Å². The van der Waals surface area contributed by atoms with E-state index in [1.807, 2.05) is 28.7 Å². The van der Waals surface area contributed by atoms with Gasteiger partial charge in [0.15, 0.2) is 0 Å². The predicted molar refractivity (Wildman–Crippen MR) is 114 cm³/mol. The number of rotatable bonds is 3. The van der Waals surface area contributed by atoms with Crippen LogP contribution in [0.5, 0.6) is 0 Å². The average Bonchev–Trinajstić information content (AvgIpc) is 3.11. The van der Waals surface area contributed by atoms with E-state index in [9.17, 15) is 19.1 Å². The molecule has 3 N–H and O–H groups in total. The SMILES string of the molecule is Cc1c(I)[nH]c(/C=C2\C(=O)Nc3cccc(-c4cccc(F)c4)c32)c1C(=O)O. The molecule has 7 heteroatoms. The Morgan fingerprint density at radius 3 is 2.68 bits per heavy atom. The lowest BCUT2D eigenvalue weighted by Crippen LogP contribution is -2.05. The zero-order valence-electron chi connectivity index (χ0n) is 14.6. The Bertz CT molecular complexity index is 1180. The lowest BCUT2D eigenvalue weighted by atomic mass is 9.94. The lowest BCUT2D eigenvalue weighted by molar-refractivity contribution is -0.110. The predicted octanol–water partition coefficient (Wildman–Crippen LogP) is 4.92. The van der Waals surface area contributed by atoms with Gasteiger partial charge >= 0.3 is 5.97 Å². The number of carboxylic acid groups (broad SMARTS) is 1. The van der Waals surface area contributed by atoms with E-state index in [2.05, 4.69) is 10.3 Å². The number of aromatic carboxylic acids is 1. The lowest BCUT2D eigenvalue weighted by Gasteiger charge is -2.09. The number of hydrogen-bond acceptors (Lipinski definition) is 2. The molecule has 2 heterocycles. The van der Waals surface area contributed by atoms with E-state index < -0.39 is 5.97 Å². The molecule has 4 rings (SSSR count). The second kappa shape index (κ2) is 6.90. The van der Waals surface area contributed by atoms with Crippen molar-refractivity contribution in [3.63, 3.8) is 0 Å². The third-order valence-electron chi connectivity index (χ3n) is 4.68. The standard InChI is InChI=1S/C21H14FIN2O3/c1-10-17(21(27)28)16(24-19(10)23)9-14-18-13(11-4-2-5-12(22)8-11)6-3-7-15(18)25-20(14)26/h2-9,24H,1H3,(H,25,26)(H,27,28)/b14-9-. The number of halogens is 2. The van der Waals surface area contributed by atoms with E-state index in [1.165, 1.54) is 12.1 Å². The van der Waals surface area contributed by atoms with E-state index in [4.69, 9.17) is 0 Å². The number of amides is 1. The van der Waals surface area contributed by atoms with Crippen molar-refractivity contribution in [1.29, 1.82) is 0 Å². The van der Waals surface area contributed by atoms with E-state index in [-0.39, 0.29) is 17.3 Å². The molecular weight excluding hydrogens is 474 g/mol. The molecule has 1 aromatic heterocycles. The molecule has 1 aliphatic rings. The summed E-state index contributed by atoms with van der Waals surface area (Å²) in [5, 5.41) is 12.4. The molecule has 0 bridgehead atoms. The van der Waals surface area contributed by atoms with Crippen molar-refractivity contribution in [2.75, 3.05) is 5.32 Å². The number of anilines is 1. The highest BCUT2D eigenvalue weighted by Crippen LogP contribution is 2.41. The molecule has 1 amide bonds. The number of nitrogens with one attached hydrogen (secondary N) is 2. The molecule has 0 atom stereocenters. The van der Waals surface area contributed by atoms with Crippen LogP contribution in [0.4, 0.5) is 10.1 Å². The summed E-state index contributed by atoms with van der Waals surface area (Å²) < 4.78 is 14.4. The van der Waals surface area contributed by atoms with Crippen molar-refractivity contribution in [3.05, 3.63) is 74.4 Å². The molecule has 140 valence electrons. The van der Waals surface area contributed by atoms with Gasteiger partial charge in [-0.15, -0.1) is 0 Å². The quantitative estimate of drug-likeness (QED) is 0.362.